The van der Waals surface area contributed by atoms with Gasteiger partial charge in [-0.15, -0.1) is 11.3 Å². The van der Waals surface area contributed by atoms with Crippen LogP contribution in [0.4, 0.5) is 0 Å². The molecule has 0 amide bonds. The van der Waals surface area contributed by atoms with Gasteiger partial charge >= 0.3 is 5.97 Å². The molecule has 1 heterocycles. The number of carboxylic acid groups (broad SMARTS) is 1. The molecule has 0 spiro atoms. The first-order chi connectivity index (χ1) is 8.97. The highest BCUT2D eigenvalue weighted by atomic mass is 32.1. The average Bonchev–Trinajstić information content (AvgIpc) is 2.36. The van der Waals surface area contributed by atoms with Gasteiger partial charge in [0.15, 0.2) is 5.43 Å². The van der Waals surface area contributed by atoms with Crippen LogP contribution in [0.25, 0.3) is 10.1 Å². The third-order valence-electron chi connectivity index (χ3n) is 2.40. The van der Waals surface area contributed by atoms with Gasteiger partial charge in [0, 0.05) is 16.2 Å². The second kappa shape index (κ2) is 5.38. The highest BCUT2D eigenvalue weighted by molar-refractivity contribution is 7.20. The van der Waals surface area contributed by atoms with E-state index >= 15 is 0 Å². The van der Waals surface area contributed by atoms with Gasteiger partial charge in [0.25, 0.3) is 0 Å². The Bertz CT molecular complexity index is 674. The van der Waals surface area contributed by atoms with E-state index in [2.05, 4.69) is 0 Å². The summed E-state index contributed by atoms with van der Waals surface area (Å²) in [5.41, 5.74) is -0.353. The number of aliphatic hydroxyl groups is 1. The number of hydrogen-bond acceptors (Lipinski definition) is 5. The van der Waals surface area contributed by atoms with E-state index in [1.807, 2.05) is 0 Å². The van der Waals surface area contributed by atoms with Gasteiger partial charge in [0.2, 0.25) is 0 Å². The largest absolute Gasteiger partial charge is 0.491 e. The Kier molecular flexibility index (Phi) is 3.82. The molecule has 1 aromatic heterocycles. The van der Waals surface area contributed by atoms with E-state index < -0.39 is 12.1 Å². The topological polar surface area (TPSA) is 83.8 Å². The Morgan fingerprint density at radius 2 is 2.16 bits per heavy atom. The molecule has 0 aliphatic rings. The van der Waals surface area contributed by atoms with Crippen molar-refractivity contribution in [1.82, 2.24) is 0 Å². The summed E-state index contributed by atoms with van der Waals surface area (Å²) in [6.45, 7) is 1.73. The van der Waals surface area contributed by atoms with E-state index in [0.717, 1.165) is 17.4 Å². The third kappa shape index (κ3) is 3.10. The fourth-order valence-corrected chi connectivity index (χ4v) is 2.44. The standard InChI is InChI=1S/C13H12O5S/c1-7(14)6-18-8-2-3-11-9(4-8)10(15)5-12(19-11)13(16)17/h2-5,7,14H,6H2,1H3,(H,16,17). The zero-order valence-corrected chi connectivity index (χ0v) is 10.9. The number of ether oxygens (including phenoxy) is 1. The van der Waals surface area contributed by atoms with Crippen LogP contribution in [0.2, 0.25) is 0 Å². The van der Waals surface area contributed by atoms with E-state index in [1.54, 1.807) is 25.1 Å². The van der Waals surface area contributed by atoms with Crippen LogP contribution >= 0.6 is 11.3 Å². The Labute approximate surface area is 112 Å². The number of fused-ring (bicyclic) bond motifs is 1. The van der Waals surface area contributed by atoms with E-state index in [0.29, 0.717) is 15.8 Å². The predicted octanol–water partition coefficient (Wildman–Crippen LogP) is 1.72. The molecule has 1 aromatic carbocycles. The van der Waals surface area contributed by atoms with Crippen molar-refractivity contribution in [1.29, 1.82) is 0 Å². The number of carbonyl (C=O) groups is 1. The molecule has 2 N–H and O–H groups in total. The van der Waals surface area contributed by atoms with Gasteiger partial charge in [-0.3, -0.25) is 4.79 Å². The maximum absolute atomic E-state index is 11.8. The number of aliphatic hydroxyl groups excluding tert-OH is 1. The maximum atomic E-state index is 11.8. The molecular formula is C13H12O5S. The molecule has 1 atom stereocenters. The highest BCUT2D eigenvalue weighted by Gasteiger charge is 2.09. The quantitative estimate of drug-likeness (QED) is 0.891. The van der Waals surface area contributed by atoms with E-state index in [-0.39, 0.29) is 16.9 Å². The normalized spacial score (nSPS) is 12.3. The SMILES string of the molecule is CC(O)COc1ccc2sc(C(=O)O)cc(=O)c2c1. The molecule has 0 fully saturated rings. The molecule has 100 valence electrons. The monoisotopic (exact) mass is 280 g/mol. The van der Waals surface area contributed by atoms with E-state index in [9.17, 15) is 9.59 Å². The van der Waals surface area contributed by atoms with Gasteiger partial charge in [-0.2, -0.15) is 0 Å². The zero-order chi connectivity index (χ0) is 14.0. The number of aromatic carboxylic acids is 1. The van der Waals surface area contributed by atoms with Crippen LogP contribution in [0.5, 0.6) is 5.75 Å². The van der Waals surface area contributed by atoms with Crippen LogP contribution < -0.4 is 10.2 Å². The van der Waals surface area contributed by atoms with Gasteiger partial charge in [-0.05, 0) is 25.1 Å². The zero-order valence-electron chi connectivity index (χ0n) is 10.1. The number of carboxylic acids is 1. The first kappa shape index (κ1) is 13.5. The minimum Gasteiger partial charge on any atom is -0.491 e. The Balaban J connectivity index is 2.44. The summed E-state index contributed by atoms with van der Waals surface area (Å²) in [6.07, 6.45) is -0.598. The first-order valence-corrected chi connectivity index (χ1v) is 6.41. The molecule has 0 saturated heterocycles. The third-order valence-corrected chi connectivity index (χ3v) is 3.49. The summed E-state index contributed by atoms with van der Waals surface area (Å²) in [4.78, 5) is 22.7. The maximum Gasteiger partial charge on any atom is 0.346 e. The van der Waals surface area contributed by atoms with Crippen molar-refractivity contribution in [3.8, 4) is 5.75 Å². The summed E-state index contributed by atoms with van der Waals surface area (Å²) in [7, 11) is 0. The fraction of sp³-hybridized carbons (Fsp3) is 0.231. The molecule has 6 heteroatoms. The van der Waals surface area contributed by atoms with Crippen LogP contribution in [0.3, 0.4) is 0 Å². The molecule has 0 aliphatic carbocycles. The lowest BCUT2D eigenvalue weighted by atomic mass is 10.2. The minimum absolute atomic E-state index is 0.00940. The second-order valence-corrected chi connectivity index (χ2v) is 5.18. The smallest absolute Gasteiger partial charge is 0.346 e. The average molecular weight is 280 g/mol. The van der Waals surface area contributed by atoms with Crippen molar-refractivity contribution < 1.29 is 19.7 Å². The molecule has 0 aliphatic heterocycles. The van der Waals surface area contributed by atoms with Crippen LogP contribution in [0.1, 0.15) is 16.6 Å². The molecule has 1 unspecified atom stereocenters. The molecule has 0 saturated carbocycles. The lowest BCUT2D eigenvalue weighted by molar-refractivity contribution is 0.0702. The van der Waals surface area contributed by atoms with Crippen LogP contribution in [-0.2, 0) is 0 Å². The van der Waals surface area contributed by atoms with Gasteiger partial charge in [0.05, 0.1) is 6.10 Å². The summed E-state index contributed by atoms with van der Waals surface area (Å²) in [6, 6.07) is 5.95. The van der Waals surface area contributed by atoms with Gasteiger partial charge < -0.3 is 14.9 Å². The molecule has 5 nitrogen and oxygen atoms in total. The second-order valence-electron chi connectivity index (χ2n) is 4.10. The molecular weight excluding hydrogens is 268 g/mol. The van der Waals surface area contributed by atoms with Crippen LogP contribution in [0, 0.1) is 0 Å². The Morgan fingerprint density at radius 3 is 2.79 bits per heavy atom. The summed E-state index contributed by atoms with van der Waals surface area (Å²) < 4.78 is 5.90. The van der Waals surface area contributed by atoms with Crippen molar-refractivity contribution in [3.05, 3.63) is 39.4 Å². The van der Waals surface area contributed by atoms with E-state index in [1.165, 1.54) is 0 Å². The van der Waals surface area contributed by atoms with Crippen molar-refractivity contribution in [2.75, 3.05) is 6.61 Å². The van der Waals surface area contributed by atoms with Crippen molar-refractivity contribution in [2.45, 2.75) is 13.0 Å². The number of hydrogen-bond donors (Lipinski definition) is 2. The fourth-order valence-electron chi connectivity index (χ4n) is 1.55. The first-order valence-electron chi connectivity index (χ1n) is 5.59. The Hall–Kier alpha value is -1.92. The van der Waals surface area contributed by atoms with Crippen molar-refractivity contribution in [3.63, 3.8) is 0 Å². The van der Waals surface area contributed by atoms with Gasteiger partial charge in [-0.25, -0.2) is 4.79 Å². The lowest BCUT2D eigenvalue weighted by Gasteiger charge is -2.08. The molecule has 0 radical (unpaired) electrons. The molecule has 2 rings (SSSR count). The summed E-state index contributed by atoms with van der Waals surface area (Å²) in [5.74, 6) is -0.640. The van der Waals surface area contributed by atoms with Gasteiger partial charge in [-0.1, -0.05) is 0 Å². The summed E-state index contributed by atoms with van der Waals surface area (Å²) >= 11 is 1.04. The number of benzene rings is 1. The van der Waals surface area contributed by atoms with Crippen LogP contribution in [-0.4, -0.2) is 28.9 Å². The van der Waals surface area contributed by atoms with Crippen molar-refractivity contribution >= 4 is 27.4 Å². The summed E-state index contributed by atoms with van der Waals surface area (Å²) in [5, 5.41) is 18.4. The van der Waals surface area contributed by atoms with Crippen LogP contribution in [0.15, 0.2) is 29.1 Å². The molecule has 19 heavy (non-hydrogen) atoms. The lowest BCUT2D eigenvalue weighted by Crippen LogP contribution is -2.13. The highest BCUT2D eigenvalue weighted by Crippen LogP contribution is 2.23. The molecule has 2 aromatic rings. The Morgan fingerprint density at radius 1 is 1.42 bits per heavy atom. The molecule has 0 bridgehead atoms. The minimum atomic E-state index is -1.11. The predicted molar refractivity (Wildman–Crippen MR) is 72.2 cm³/mol. The van der Waals surface area contributed by atoms with Crippen molar-refractivity contribution in [2.24, 2.45) is 0 Å². The van der Waals surface area contributed by atoms with E-state index in [4.69, 9.17) is 14.9 Å². The van der Waals surface area contributed by atoms with Gasteiger partial charge in [0.1, 0.15) is 17.2 Å². The number of rotatable bonds is 4.